The SMILES string of the molecule is CC[N+]1(c2ccc(C(=O)N[C@@H](CC(C)(C)C)C(=O)N3CC[C@H]4OCC(=O)[C@H]43)cc2)CCNCC1. The second kappa shape index (κ2) is 9.76. The van der Waals surface area contributed by atoms with Crippen molar-refractivity contribution >= 4 is 23.3 Å². The van der Waals surface area contributed by atoms with Crippen molar-refractivity contribution in [2.45, 2.75) is 58.7 Å². The van der Waals surface area contributed by atoms with E-state index in [1.165, 1.54) is 5.69 Å². The third-order valence-corrected chi connectivity index (χ3v) is 7.53. The van der Waals surface area contributed by atoms with E-state index in [9.17, 15) is 14.4 Å². The molecule has 1 aromatic rings. The van der Waals surface area contributed by atoms with Gasteiger partial charge in [-0.1, -0.05) is 20.8 Å². The van der Waals surface area contributed by atoms with Crippen LogP contribution in [-0.4, -0.2) is 86.6 Å². The van der Waals surface area contributed by atoms with Crippen LogP contribution >= 0.6 is 0 Å². The number of ketones is 1. The molecule has 3 aliphatic rings. The first-order valence-corrected chi connectivity index (χ1v) is 12.6. The smallest absolute Gasteiger partial charge is 0.251 e. The molecule has 34 heavy (non-hydrogen) atoms. The van der Waals surface area contributed by atoms with E-state index in [1.807, 2.05) is 45.0 Å². The molecular weight excluding hydrogens is 432 g/mol. The van der Waals surface area contributed by atoms with Gasteiger partial charge in [-0.25, -0.2) is 0 Å². The van der Waals surface area contributed by atoms with Crippen LogP contribution in [0.15, 0.2) is 24.3 Å². The number of likely N-dealkylation sites (N-methyl/N-ethyl adjacent to an activating group) is 1. The van der Waals surface area contributed by atoms with Crippen LogP contribution in [0.5, 0.6) is 0 Å². The maximum atomic E-state index is 13.5. The van der Waals surface area contributed by atoms with Crippen LogP contribution in [0.2, 0.25) is 0 Å². The molecule has 1 aromatic carbocycles. The van der Waals surface area contributed by atoms with Gasteiger partial charge in [0.15, 0.2) is 5.78 Å². The van der Waals surface area contributed by atoms with Gasteiger partial charge in [0, 0.05) is 25.2 Å². The zero-order chi connectivity index (χ0) is 24.5. The average Bonchev–Trinajstić information content (AvgIpc) is 3.41. The third-order valence-electron chi connectivity index (χ3n) is 7.53. The molecule has 8 nitrogen and oxygen atoms in total. The fourth-order valence-electron chi connectivity index (χ4n) is 5.60. The minimum absolute atomic E-state index is 0.0480. The first kappa shape index (κ1) is 24.8. The number of nitrogens with zero attached hydrogens (tertiary/aromatic N) is 2. The molecule has 3 atom stereocenters. The highest BCUT2D eigenvalue weighted by molar-refractivity contribution is 5.99. The minimum atomic E-state index is -0.693. The molecule has 8 heteroatoms. The molecule has 3 aliphatic heterocycles. The molecule has 3 fully saturated rings. The molecule has 0 bridgehead atoms. The Labute approximate surface area is 202 Å². The predicted octanol–water partition coefficient (Wildman–Crippen LogP) is 1.72. The van der Waals surface area contributed by atoms with Gasteiger partial charge in [-0.05, 0) is 49.4 Å². The number of quaternary nitrogens is 1. The Morgan fingerprint density at radius 1 is 1.21 bits per heavy atom. The van der Waals surface area contributed by atoms with E-state index in [4.69, 9.17) is 4.74 Å². The Kier molecular flexibility index (Phi) is 7.12. The number of Topliss-reactive ketones (excluding diaryl/α,β-unsaturated/α-hetero) is 1. The lowest BCUT2D eigenvalue weighted by Crippen LogP contribution is -2.59. The molecule has 2 N–H and O–H groups in total. The van der Waals surface area contributed by atoms with Gasteiger partial charge in [-0.3, -0.25) is 18.9 Å². The molecule has 0 saturated carbocycles. The summed E-state index contributed by atoms with van der Waals surface area (Å²) >= 11 is 0. The fraction of sp³-hybridized carbons (Fsp3) is 0.654. The number of piperazine rings is 1. The number of nitrogens with one attached hydrogen (secondary N) is 2. The van der Waals surface area contributed by atoms with E-state index in [2.05, 4.69) is 17.6 Å². The summed E-state index contributed by atoms with van der Waals surface area (Å²) in [6.45, 7) is 13.9. The molecule has 0 radical (unpaired) electrons. The Bertz CT molecular complexity index is 918. The lowest BCUT2D eigenvalue weighted by atomic mass is 9.87. The zero-order valence-corrected chi connectivity index (χ0v) is 20.9. The summed E-state index contributed by atoms with van der Waals surface area (Å²) in [6.07, 6.45) is 0.933. The highest BCUT2D eigenvalue weighted by Crippen LogP contribution is 2.30. The summed E-state index contributed by atoms with van der Waals surface area (Å²) in [7, 11) is 0. The highest BCUT2D eigenvalue weighted by atomic mass is 16.5. The molecule has 2 amide bonds. The van der Waals surface area contributed by atoms with Crippen LogP contribution in [0.4, 0.5) is 5.69 Å². The monoisotopic (exact) mass is 471 g/mol. The van der Waals surface area contributed by atoms with Crippen LogP contribution in [0.1, 0.15) is 50.9 Å². The lowest BCUT2D eigenvalue weighted by molar-refractivity contribution is -0.138. The number of rotatable bonds is 6. The van der Waals surface area contributed by atoms with Crippen molar-refractivity contribution in [2.24, 2.45) is 5.41 Å². The second-order valence-corrected chi connectivity index (χ2v) is 11.1. The number of fused-ring (bicyclic) bond motifs is 1. The van der Waals surface area contributed by atoms with Gasteiger partial charge in [0.2, 0.25) is 5.91 Å². The standard InChI is InChI=1S/C26H38N4O4/c1-5-30(14-11-27-12-15-30)19-8-6-18(7-9-19)24(32)28-20(16-26(2,3)4)25(33)29-13-10-22-23(29)21(31)17-34-22/h6-9,20,22-23,27H,5,10-17H2,1-4H3/p+1/t20-,22+,23+/m0/s1. The van der Waals surface area contributed by atoms with Gasteiger partial charge in [-0.15, -0.1) is 0 Å². The number of likely N-dealkylation sites (tertiary alicyclic amines) is 1. The van der Waals surface area contributed by atoms with E-state index in [-0.39, 0.29) is 35.7 Å². The Morgan fingerprint density at radius 3 is 2.50 bits per heavy atom. The van der Waals surface area contributed by atoms with E-state index in [0.29, 0.717) is 24.9 Å². The number of amides is 2. The Hall–Kier alpha value is -2.29. The number of hydrogen-bond acceptors (Lipinski definition) is 5. The summed E-state index contributed by atoms with van der Waals surface area (Å²) in [5, 5.41) is 6.41. The van der Waals surface area contributed by atoms with Crippen LogP contribution in [0, 0.1) is 5.41 Å². The summed E-state index contributed by atoms with van der Waals surface area (Å²) in [5.74, 6) is -0.502. The molecule has 4 rings (SSSR count). The Balaban J connectivity index is 1.49. The Morgan fingerprint density at radius 2 is 1.88 bits per heavy atom. The summed E-state index contributed by atoms with van der Waals surface area (Å²) in [5.41, 5.74) is 1.58. The van der Waals surface area contributed by atoms with Crippen LogP contribution in [0.3, 0.4) is 0 Å². The normalized spacial score (nSPS) is 25.2. The van der Waals surface area contributed by atoms with Gasteiger partial charge in [0.05, 0.1) is 25.7 Å². The van der Waals surface area contributed by atoms with Gasteiger partial charge >= 0.3 is 0 Å². The topological polar surface area (TPSA) is 87.7 Å². The van der Waals surface area contributed by atoms with Crippen molar-refractivity contribution in [3.8, 4) is 0 Å². The number of ether oxygens (including phenoxy) is 1. The second-order valence-electron chi connectivity index (χ2n) is 11.1. The summed E-state index contributed by atoms with van der Waals surface area (Å²) in [4.78, 5) is 40.7. The molecule has 0 unspecified atom stereocenters. The summed E-state index contributed by atoms with van der Waals surface area (Å²) in [6, 6.07) is 6.61. The maximum absolute atomic E-state index is 13.5. The molecule has 186 valence electrons. The third kappa shape index (κ3) is 5.04. The van der Waals surface area contributed by atoms with Gasteiger partial charge in [0.25, 0.3) is 5.91 Å². The maximum Gasteiger partial charge on any atom is 0.251 e. The van der Waals surface area contributed by atoms with Crippen molar-refractivity contribution < 1.29 is 19.1 Å². The van der Waals surface area contributed by atoms with Gasteiger partial charge < -0.3 is 20.3 Å². The van der Waals surface area contributed by atoms with E-state index < -0.39 is 12.1 Å². The van der Waals surface area contributed by atoms with Crippen molar-refractivity contribution in [3.63, 3.8) is 0 Å². The highest BCUT2D eigenvalue weighted by Gasteiger charge is 2.48. The number of hydrogen-bond donors (Lipinski definition) is 2. The molecule has 0 spiro atoms. The number of benzene rings is 1. The van der Waals surface area contributed by atoms with Crippen molar-refractivity contribution in [1.82, 2.24) is 20.0 Å². The van der Waals surface area contributed by atoms with Crippen LogP contribution in [-0.2, 0) is 14.3 Å². The molecule has 3 heterocycles. The van der Waals surface area contributed by atoms with Crippen LogP contribution < -0.4 is 15.1 Å². The fourth-order valence-corrected chi connectivity index (χ4v) is 5.60. The van der Waals surface area contributed by atoms with Crippen molar-refractivity contribution in [3.05, 3.63) is 29.8 Å². The van der Waals surface area contributed by atoms with Crippen molar-refractivity contribution in [2.75, 3.05) is 45.9 Å². The van der Waals surface area contributed by atoms with E-state index >= 15 is 0 Å². The predicted molar refractivity (Wildman–Crippen MR) is 132 cm³/mol. The molecular formula is C26H39N4O4+. The summed E-state index contributed by atoms with van der Waals surface area (Å²) < 4.78 is 6.45. The van der Waals surface area contributed by atoms with Crippen molar-refractivity contribution in [1.29, 1.82) is 0 Å². The number of carbonyl (C=O) groups excluding carboxylic acids is 3. The minimum Gasteiger partial charge on any atom is -0.368 e. The molecule has 0 aliphatic carbocycles. The van der Waals surface area contributed by atoms with Crippen LogP contribution in [0.25, 0.3) is 0 Å². The lowest BCUT2D eigenvalue weighted by Gasteiger charge is -2.40. The average molecular weight is 472 g/mol. The first-order chi connectivity index (χ1) is 16.1. The zero-order valence-electron chi connectivity index (χ0n) is 20.9. The van der Waals surface area contributed by atoms with Gasteiger partial charge in [-0.2, -0.15) is 0 Å². The van der Waals surface area contributed by atoms with E-state index in [0.717, 1.165) is 37.2 Å². The number of carbonyl (C=O) groups is 3. The first-order valence-electron chi connectivity index (χ1n) is 12.6. The van der Waals surface area contributed by atoms with Gasteiger partial charge in [0.1, 0.15) is 24.4 Å². The molecule has 3 saturated heterocycles. The molecule has 0 aromatic heterocycles. The van der Waals surface area contributed by atoms with E-state index in [1.54, 1.807) is 4.90 Å². The quantitative estimate of drug-likeness (QED) is 0.617. The largest absolute Gasteiger partial charge is 0.368 e.